The minimum atomic E-state index is -4.60. The summed E-state index contributed by atoms with van der Waals surface area (Å²) >= 11 is 0. The lowest BCUT2D eigenvalue weighted by Crippen LogP contribution is -2.37. The Morgan fingerprint density at radius 3 is 2.74 bits per heavy atom. The van der Waals surface area contributed by atoms with Crippen molar-refractivity contribution >= 4 is 11.8 Å². The van der Waals surface area contributed by atoms with Crippen LogP contribution in [0.15, 0.2) is 6.07 Å². The first-order valence-electron chi connectivity index (χ1n) is 5.46. The third-order valence-electron chi connectivity index (χ3n) is 2.72. The summed E-state index contributed by atoms with van der Waals surface area (Å²) in [5.41, 5.74) is -1.33. The van der Waals surface area contributed by atoms with Gasteiger partial charge >= 0.3 is 6.18 Å². The first-order valence-corrected chi connectivity index (χ1v) is 5.46. The van der Waals surface area contributed by atoms with Gasteiger partial charge in [0.05, 0.1) is 6.04 Å². The molecule has 1 unspecified atom stereocenters. The van der Waals surface area contributed by atoms with Crippen molar-refractivity contribution in [2.75, 3.05) is 6.54 Å². The van der Waals surface area contributed by atoms with Gasteiger partial charge in [0, 0.05) is 26.1 Å². The Balaban J connectivity index is 2.11. The molecule has 2 N–H and O–H groups in total. The molecule has 0 saturated carbocycles. The maximum atomic E-state index is 12.4. The van der Waals surface area contributed by atoms with Crippen LogP contribution in [0.2, 0.25) is 0 Å². The highest BCUT2D eigenvalue weighted by atomic mass is 19.4. The number of halogens is 3. The quantitative estimate of drug-likeness (QED) is 0.802. The van der Waals surface area contributed by atoms with Crippen molar-refractivity contribution in [3.63, 3.8) is 0 Å². The molecule has 104 valence electrons. The molecule has 9 heteroatoms. The smallest absolute Gasteiger partial charge is 0.354 e. The van der Waals surface area contributed by atoms with Gasteiger partial charge in [0.2, 0.25) is 5.91 Å². The lowest BCUT2D eigenvalue weighted by atomic mass is 10.2. The van der Waals surface area contributed by atoms with E-state index >= 15 is 0 Å². The molecule has 2 rings (SSSR count). The van der Waals surface area contributed by atoms with Crippen LogP contribution in [0.5, 0.6) is 0 Å². The highest BCUT2D eigenvalue weighted by molar-refractivity contribution is 5.93. The van der Waals surface area contributed by atoms with Gasteiger partial charge in [-0.15, -0.1) is 0 Å². The number of aromatic nitrogens is 2. The summed E-state index contributed by atoms with van der Waals surface area (Å²) in [4.78, 5) is 22.7. The maximum Gasteiger partial charge on any atom is 0.435 e. The van der Waals surface area contributed by atoms with Crippen LogP contribution < -0.4 is 10.6 Å². The monoisotopic (exact) mass is 276 g/mol. The fourth-order valence-electron chi connectivity index (χ4n) is 1.78. The Kier molecular flexibility index (Phi) is 3.21. The van der Waals surface area contributed by atoms with Crippen molar-refractivity contribution in [1.29, 1.82) is 0 Å². The second-order valence-corrected chi connectivity index (χ2v) is 4.21. The number of rotatable bonds is 2. The van der Waals surface area contributed by atoms with Gasteiger partial charge in [-0.25, -0.2) is 0 Å². The summed E-state index contributed by atoms with van der Waals surface area (Å²) in [5, 5.41) is 8.24. The molecule has 1 fully saturated rings. The summed E-state index contributed by atoms with van der Waals surface area (Å²) in [7, 11) is 1.25. The van der Waals surface area contributed by atoms with Gasteiger partial charge in [0.15, 0.2) is 5.69 Å². The van der Waals surface area contributed by atoms with Crippen LogP contribution in [0.3, 0.4) is 0 Å². The molecule has 1 aliphatic rings. The predicted octanol–water partition coefficient (Wildman–Crippen LogP) is 0.0572. The van der Waals surface area contributed by atoms with Gasteiger partial charge in [-0.1, -0.05) is 0 Å². The summed E-state index contributed by atoms with van der Waals surface area (Å²) in [6.45, 7) is 0.272. The van der Waals surface area contributed by atoms with Gasteiger partial charge in [-0.05, 0) is 0 Å². The summed E-state index contributed by atoms with van der Waals surface area (Å²) in [6, 6.07) is 0.267. The highest BCUT2D eigenvalue weighted by Crippen LogP contribution is 2.28. The van der Waals surface area contributed by atoms with Crippen molar-refractivity contribution < 1.29 is 22.8 Å². The number of nitrogens with one attached hydrogen (secondary N) is 2. The topological polar surface area (TPSA) is 76.0 Å². The van der Waals surface area contributed by atoms with Gasteiger partial charge in [0.25, 0.3) is 5.91 Å². The molecule has 6 nitrogen and oxygen atoms in total. The molecule has 2 amide bonds. The van der Waals surface area contributed by atoms with Crippen LogP contribution in [0.25, 0.3) is 0 Å². The molecule has 1 aromatic heterocycles. The molecule has 19 heavy (non-hydrogen) atoms. The lowest BCUT2D eigenvalue weighted by molar-refractivity contribution is -0.141. The number of amides is 2. The van der Waals surface area contributed by atoms with Gasteiger partial charge in [-0.2, -0.15) is 18.3 Å². The van der Waals surface area contributed by atoms with E-state index < -0.39 is 23.8 Å². The lowest BCUT2D eigenvalue weighted by Gasteiger charge is -2.09. The molecule has 2 heterocycles. The van der Waals surface area contributed by atoms with E-state index in [0.29, 0.717) is 6.07 Å². The first kappa shape index (κ1) is 13.4. The van der Waals surface area contributed by atoms with Crippen molar-refractivity contribution in [3.05, 3.63) is 17.5 Å². The molecule has 0 bridgehead atoms. The van der Waals surface area contributed by atoms with E-state index in [1.165, 1.54) is 7.05 Å². The third kappa shape index (κ3) is 2.85. The van der Waals surface area contributed by atoms with Crippen LogP contribution in [0.1, 0.15) is 22.6 Å². The van der Waals surface area contributed by atoms with E-state index in [1.54, 1.807) is 0 Å². The predicted molar refractivity (Wildman–Crippen MR) is 57.1 cm³/mol. The zero-order chi connectivity index (χ0) is 14.2. The van der Waals surface area contributed by atoms with E-state index in [1.807, 2.05) is 0 Å². The average molecular weight is 276 g/mol. The Morgan fingerprint density at radius 2 is 2.26 bits per heavy atom. The van der Waals surface area contributed by atoms with Crippen molar-refractivity contribution in [1.82, 2.24) is 20.4 Å². The Hall–Kier alpha value is -2.06. The zero-order valence-corrected chi connectivity index (χ0v) is 9.91. The fraction of sp³-hybridized carbons (Fsp3) is 0.500. The van der Waals surface area contributed by atoms with Crippen LogP contribution in [0, 0.1) is 0 Å². The molecule has 1 atom stereocenters. The van der Waals surface area contributed by atoms with Crippen LogP contribution in [-0.4, -0.2) is 34.2 Å². The van der Waals surface area contributed by atoms with E-state index in [4.69, 9.17) is 0 Å². The Bertz CT molecular complexity index is 523. The average Bonchev–Trinajstić information content (AvgIpc) is 2.84. The Labute approximate surface area is 106 Å². The van der Waals surface area contributed by atoms with Gasteiger partial charge < -0.3 is 10.6 Å². The number of aryl methyl sites for hydroxylation is 1. The normalized spacial score (nSPS) is 19.4. The summed E-state index contributed by atoms with van der Waals surface area (Å²) in [5.74, 6) is -0.890. The Morgan fingerprint density at radius 1 is 1.58 bits per heavy atom. The van der Waals surface area contributed by atoms with Crippen molar-refractivity contribution in [2.24, 2.45) is 7.05 Å². The van der Waals surface area contributed by atoms with E-state index in [-0.39, 0.29) is 24.6 Å². The largest absolute Gasteiger partial charge is 0.435 e. The van der Waals surface area contributed by atoms with Crippen LogP contribution >= 0.6 is 0 Å². The first-order chi connectivity index (χ1) is 8.77. The molecule has 0 spiro atoms. The maximum absolute atomic E-state index is 12.4. The number of alkyl halides is 3. The second-order valence-electron chi connectivity index (χ2n) is 4.21. The standard InChI is InChI=1S/C10H11F3N4O2/c1-17-6(3-7(16-17)10(11,12)13)9(19)15-5-2-8(18)14-4-5/h3,5H,2,4H2,1H3,(H,14,18)(H,15,19). The number of hydrogen-bond acceptors (Lipinski definition) is 3. The molecule has 0 aromatic carbocycles. The van der Waals surface area contributed by atoms with Crippen LogP contribution in [-0.2, 0) is 18.0 Å². The number of carbonyl (C=O) groups excluding carboxylic acids is 2. The van der Waals surface area contributed by atoms with E-state index in [0.717, 1.165) is 4.68 Å². The van der Waals surface area contributed by atoms with Crippen molar-refractivity contribution in [3.8, 4) is 0 Å². The second kappa shape index (κ2) is 4.56. The number of hydrogen-bond donors (Lipinski definition) is 2. The SMILES string of the molecule is Cn1nc(C(F)(F)F)cc1C(=O)NC1CNC(=O)C1. The fourth-order valence-corrected chi connectivity index (χ4v) is 1.78. The van der Waals surface area contributed by atoms with Gasteiger partial charge in [0.1, 0.15) is 5.69 Å². The molecule has 1 saturated heterocycles. The summed E-state index contributed by atoms with van der Waals surface area (Å²) < 4.78 is 38.2. The minimum Gasteiger partial charge on any atom is -0.354 e. The molecule has 1 aliphatic heterocycles. The molecule has 1 aromatic rings. The molecular weight excluding hydrogens is 265 g/mol. The zero-order valence-electron chi connectivity index (χ0n) is 9.91. The van der Waals surface area contributed by atoms with E-state index in [2.05, 4.69) is 15.7 Å². The molecule has 0 aliphatic carbocycles. The minimum absolute atomic E-state index is 0.121. The third-order valence-corrected chi connectivity index (χ3v) is 2.72. The van der Waals surface area contributed by atoms with Crippen molar-refractivity contribution in [2.45, 2.75) is 18.6 Å². The van der Waals surface area contributed by atoms with Crippen LogP contribution in [0.4, 0.5) is 13.2 Å². The van der Waals surface area contributed by atoms with E-state index in [9.17, 15) is 22.8 Å². The number of carbonyl (C=O) groups is 2. The molecule has 0 radical (unpaired) electrons. The van der Waals surface area contributed by atoms with Gasteiger partial charge in [-0.3, -0.25) is 14.3 Å². The molecular formula is C10H11F3N4O2. The number of nitrogens with zero attached hydrogens (tertiary/aromatic N) is 2. The highest BCUT2D eigenvalue weighted by Gasteiger charge is 2.35. The summed E-state index contributed by atoms with van der Waals surface area (Å²) in [6.07, 6.45) is -4.48.